The lowest BCUT2D eigenvalue weighted by Gasteiger charge is -2.23. The number of hydrogen-bond donors (Lipinski definition) is 1. The predicted octanol–water partition coefficient (Wildman–Crippen LogP) is 5.83. The average molecular weight is 533 g/mol. The van der Waals surface area contributed by atoms with Gasteiger partial charge in [0.05, 0.1) is 18.9 Å². The molecule has 37 heavy (non-hydrogen) atoms. The van der Waals surface area contributed by atoms with Crippen molar-refractivity contribution in [3.8, 4) is 5.75 Å². The number of nitrogens with zero attached hydrogens (tertiary/aromatic N) is 3. The van der Waals surface area contributed by atoms with Gasteiger partial charge in [-0.3, -0.25) is 9.59 Å². The molecule has 0 fully saturated rings. The second-order valence-electron chi connectivity index (χ2n) is 8.85. The van der Waals surface area contributed by atoms with Gasteiger partial charge in [-0.05, 0) is 60.5 Å². The highest BCUT2D eigenvalue weighted by Gasteiger charge is 2.39. The Bertz CT molecular complexity index is 1390. The lowest BCUT2D eigenvalue weighted by atomic mass is 9.98. The summed E-state index contributed by atoms with van der Waals surface area (Å²) < 4.78 is 5.28. The number of amides is 2. The zero-order chi connectivity index (χ0) is 25.9. The highest BCUT2D eigenvalue weighted by molar-refractivity contribution is 8.15. The van der Waals surface area contributed by atoms with Crippen molar-refractivity contribution in [2.45, 2.75) is 31.1 Å². The fraction of sp³-hybridized carbons (Fsp3) is 0.214. The highest BCUT2D eigenvalue weighted by Crippen LogP contribution is 2.39. The smallest absolute Gasteiger partial charge is 0.262 e. The number of hydrazone groups is 1. The van der Waals surface area contributed by atoms with Crippen LogP contribution in [0.25, 0.3) is 0 Å². The van der Waals surface area contributed by atoms with Crippen LogP contribution < -0.4 is 10.1 Å². The molecule has 0 aliphatic carbocycles. The van der Waals surface area contributed by atoms with Crippen LogP contribution in [0.1, 0.15) is 35.6 Å². The Morgan fingerprint density at radius 3 is 2.59 bits per heavy atom. The molecule has 0 bridgehead atoms. The maximum atomic E-state index is 12.8. The molecule has 0 radical (unpaired) electrons. The topological polar surface area (TPSA) is 83.4 Å². The minimum absolute atomic E-state index is 0.00109. The van der Waals surface area contributed by atoms with Crippen LogP contribution in [0.15, 0.2) is 82.9 Å². The maximum Gasteiger partial charge on any atom is 0.262 e. The van der Waals surface area contributed by atoms with Gasteiger partial charge >= 0.3 is 0 Å². The number of carbonyl (C=O) groups excluding carboxylic acids is 2. The van der Waals surface area contributed by atoms with Gasteiger partial charge in [-0.2, -0.15) is 10.1 Å². The van der Waals surface area contributed by atoms with E-state index in [2.05, 4.69) is 34.6 Å². The summed E-state index contributed by atoms with van der Waals surface area (Å²) in [4.78, 5) is 29.7. The average Bonchev–Trinajstić information content (AvgIpc) is 3.48. The molecule has 9 heteroatoms. The van der Waals surface area contributed by atoms with Crippen LogP contribution in [0.3, 0.4) is 0 Å². The summed E-state index contributed by atoms with van der Waals surface area (Å²) in [7, 11) is 1.63. The summed E-state index contributed by atoms with van der Waals surface area (Å²) in [5.41, 5.74) is 4.70. The summed E-state index contributed by atoms with van der Waals surface area (Å²) in [6.45, 7) is 2.05. The number of carbonyl (C=O) groups is 2. The summed E-state index contributed by atoms with van der Waals surface area (Å²) in [6.07, 6.45) is 0.657. The number of anilines is 1. The van der Waals surface area contributed by atoms with E-state index in [0.717, 1.165) is 28.2 Å². The highest BCUT2D eigenvalue weighted by atomic mass is 35.5. The van der Waals surface area contributed by atoms with E-state index in [4.69, 9.17) is 21.4 Å². The number of aliphatic imine (C=N–C) groups is 1. The van der Waals surface area contributed by atoms with Crippen LogP contribution in [0, 0.1) is 6.92 Å². The molecular weight excluding hydrogens is 508 g/mol. The molecule has 2 atom stereocenters. The van der Waals surface area contributed by atoms with Crippen molar-refractivity contribution in [1.82, 2.24) is 5.01 Å². The Morgan fingerprint density at radius 1 is 1.14 bits per heavy atom. The van der Waals surface area contributed by atoms with Crippen LogP contribution in [-0.4, -0.2) is 40.1 Å². The van der Waals surface area contributed by atoms with E-state index in [0.29, 0.717) is 22.3 Å². The van der Waals surface area contributed by atoms with Crippen LogP contribution >= 0.6 is 23.4 Å². The number of rotatable bonds is 6. The van der Waals surface area contributed by atoms with E-state index in [-0.39, 0.29) is 24.3 Å². The number of halogens is 1. The van der Waals surface area contributed by atoms with E-state index < -0.39 is 5.25 Å². The van der Waals surface area contributed by atoms with E-state index in [9.17, 15) is 9.59 Å². The summed E-state index contributed by atoms with van der Waals surface area (Å²) in [5, 5.41) is 9.92. The van der Waals surface area contributed by atoms with Crippen molar-refractivity contribution in [2.75, 3.05) is 12.4 Å². The molecule has 0 aromatic heterocycles. The lowest BCUT2D eigenvalue weighted by Crippen LogP contribution is -2.25. The first-order chi connectivity index (χ1) is 17.9. The van der Waals surface area contributed by atoms with Crippen molar-refractivity contribution >= 4 is 51.7 Å². The minimum Gasteiger partial charge on any atom is -0.497 e. The number of nitrogens with one attached hydrogen (secondary N) is 1. The Kier molecular flexibility index (Phi) is 7.30. The molecule has 2 heterocycles. The van der Waals surface area contributed by atoms with Gasteiger partial charge in [-0.1, -0.05) is 59.3 Å². The lowest BCUT2D eigenvalue weighted by molar-refractivity contribution is -0.121. The number of amidine groups is 1. The summed E-state index contributed by atoms with van der Waals surface area (Å²) >= 11 is 7.28. The third-order valence-corrected chi connectivity index (χ3v) is 7.58. The van der Waals surface area contributed by atoms with Crippen molar-refractivity contribution in [2.24, 2.45) is 10.1 Å². The number of aryl methyl sites for hydroxylation is 1. The maximum absolute atomic E-state index is 12.8. The Morgan fingerprint density at radius 2 is 1.89 bits per heavy atom. The number of hydrogen-bond acceptors (Lipinski definition) is 6. The third kappa shape index (κ3) is 5.70. The minimum atomic E-state index is -0.618. The molecule has 2 aliphatic heterocycles. The van der Waals surface area contributed by atoms with Gasteiger partial charge in [-0.15, -0.1) is 0 Å². The summed E-state index contributed by atoms with van der Waals surface area (Å²) in [6, 6.07) is 22.8. The zero-order valence-corrected chi connectivity index (χ0v) is 21.9. The van der Waals surface area contributed by atoms with Crippen LogP contribution in [0.5, 0.6) is 5.75 Å². The van der Waals surface area contributed by atoms with Crippen molar-refractivity contribution < 1.29 is 14.3 Å². The van der Waals surface area contributed by atoms with E-state index in [1.807, 2.05) is 36.2 Å². The summed E-state index contributed by atoms with van der Waals surface area (Å²) in [5.74, 6) is 0.162. The first kappa shape index (κ1) is 25.0. The van der Waals surface area contributed by atoms with Gasteiger partial charge in [-0.25, -0.2) is 5.01 Å². The van der Waals surface area contributed by atoms with Crippen molar-refractivity contribution in [3.05, 3.63) is 94.5 Å². The second kappa shape index (κ2) is 10.8. The molecule has 1 N–H and O–H groups in total. The zero-order valence-electron chi connectivity index (χ0n) is 20.3. The molecular formula is C28H25ClN4O3S. The van der Waals surface area contributed by atoms with Crippen LogP contribution in [0.2, 0.25) is 5.02 Å². The molecule has 3 aromatic rings. The quantitative estimate of drug-likeness (QED) is 0.431. The predicted molar refractivity (Wildman–Crippen MR) is 148 cm³/mol. The molecule has 2 amide bonds. The van der Waals surface area contributed by atoms with Gasteiger partial charge in [0, 0.05) is 23.6 Å². The van der Waals surface area contributed by atoms with Gasteiger partial charge in [0.1, 0.15) is 11.0 Å². The molecule has 5 rings (SSSR count). The van der Waals surface area contributed by atoms with Gasteiger partial charge < -0.3 is 10.1 Å². The molecule has 0 spiro atoms. The monoisotopic (exact) mass is 532 g/mol. The number of ether oxygens (including phenoxy) is 1. The molecule has 0 saturated carbocycles. The molecule has 188 valence electrons. The molecule has 2 aliphatic rings. The van der Waals surface area contributed by atoms with Crippen LogP contribution in [0.4, 0.5) is 5.69 Å². The number of benzene rings is 3. The first-order valence-electron chi connectivity index (χ1n) is 11.8. The molecule has 0 saturated heterocycles. The largest absolute Gasteiger partial charge is 0.497 e. The Labute approximate surface area is 224 Å². The Balaban J connectivity index is 1.35. The fourth-order valence-electron chi connectivity index (χ4n) is 4.24. The van der Waals surface area contributed by atoms with E-state index >= 15 is 0 Å². The normalized spacial score (nSPS) is 19.0. The standard InChI is InChI=1S/C28H25ClN4O3S/c1-17-6-8-19(9-7-17)24-15-23(18-10-12-22(36-2)13-11-18)32-33(24)28-31-27(35)25(37-28)16-26(34)30-21-5-3-4-20(29)14-21/h3-14,24-25H,15-16H2,1-2H3,(H,30,34)/t24-,25-/m0/s1. The van der Waals surface area contributed by atoms with Gasteiger partial charge in [0.25, 0.3) is 5.91 Å². The Hall–Kier alpha value is -3.62. The first-order valence-corrected chi connectivity index (χ1v) is 13.1. The fourth-order valence-corrected chi connectivity index (χ4v) is 5.50. The SMILES string of the molecule is COc1ccc(C2=NN(C3=NC(=O)[C@H](CC(=O)Nc4cccc(Cl)c4)S3)[C@H](c3ccc(C)cc3)C2)cc1. The number of methoxy groups -OCH3 is 1. The van der Waals surface area contributed by atoms with Crippen molar-refractivity contribution in [3.63, 3.8) is 0 Å². The van der Waals surface area contributed by atoms with E-state index in [1.54, 1.807) is 31.4 Å². The second-order valence-corrected chi connectivity index (χ2v) is 10.5. The van der Waals surface area contributed by atoms with Gasteiger partial charge in [0.15, 0.2) is 5.17 Å². The van der Waals surface area contributed by atoms with Crippen molar-refractivity contribution in [1.29, 1.82) is 0 Å². The van der Waals surface area contributed by atoms with E-state index in [1.165, 1.54) is 11.8 Å². The van der Waals surface area contributed by atoms with Gasteiger partial charge in [0.2, 0.25) is 5.91 Å². The molecule has 0 unspecified atom stereocenters. The third-order valence-electron chi connectivity index (χ3n) is 6.20. The molecule has 3 aromatic carbocycles. The van der Waals surface area contributed by atoms with Crippen LogP contribution in [-0.2, 0) is 9.59 Å². The number of thioether (sulfide) groups is 1. The molecule has 7 nitrogen and oxygen atoms in total.